The number of amides is 1. The molecular formula is C28H39ClN2O7. The largest absolute Gasteiger partial charge is 0.508 e. The van der Waals surface area contributed by atoms with Crippen LogP contribution in [-0.2, 0) is 4.79 Å². The SMILES string of the molecule is CC(=O)Nc1ccc(O)cc1.CN[C@@H](C)[C@@H](O)c1ccccc1.COc1ccccc1OCC(O)CO.Cl. The highest BCUT2D eigenvalue weighted by atomic mass is 35.5. The molecule has 3 aromatic rings. The molecule has 9 nitrogen and oxygen atoms in total. The first-order chi connectivity index (χ1) is 17.7. The van der Waals surface area contributed by atoms with Gasteiger partial charge in [-0.3, -0.25) is 4.79 Å². The molecule has 3 aromatic carbocycles. The number of rotatable bonds is 9. The van der Waals surface area contributed by atoms with Gasteiger partial charge in [-0.05, 0) is 55.9 Å². The molecule has 1 amide bonds. The van der Waals surface area contributed by atoms with Gasteiger partial charge < -0.3 is 40.5 Å². The Morgan fingerprint density at radius 1 is 0.921 bits per heavy atom. The van der Waals surface area contributed by atoms with Gasteiger partial charge in [-0.1, -0.05) is 42.5 Å². The van der Waals surface area contributed by atoms with Crippen LogP contribution in [0.2, 0.25) is 0 Å². The zero-order valence-corrected chi connectivity index (χ0v) is 22.9. The molecule has 0 fully saturated rings. The number of para-hydroxylation sites is 2. The zero-order chi connectivity index (χ0) is 27.6. The van der Waals surface area contributed by atoms with Crippen LogP contribution < -0.4 is 20.1 Å². The van der Waals surface area contributed by atoms with E-state index in [0.717, 1.165) is 5.56 Å². The molecule has 0 aliphatic carbocycles. The summed E-state index contributed by atoms with van der Waals surface area (Å²) in [6.45, 7) is 3.14. The number of aliphatic hydroxyl groups excluding tert-OH is 3. The van der Waals surface area contributed by atoms with Crippen LogP contribution in [0.4, 0.5) is 5.69 Å². The van der Waals surface area contributed by atoms with Crippen LogP contribution in [0.5, 0.6) is 17.2 Å². The Kier molecular flexibility index (Phi) is 18.0. The molecule has 0 aromatic heterocycles. The van der Waals surface area contributed by atoms with Gasteiger partial charge in [0, 0.05) is 18.7 Å². The van der Waals surface area contributed by atoms with Crippen molar-refractivity contribution in [2.24, 2.45) is 0 Å². The van der Waals surface area contributed by atoms with Crippen molar-refractivity contribution in [3.63, 3.8) is 0 Å². The number of carbonyl (C=O) groups excluding carboxylic acids is 1. The van der Waals surface area contributed by atoms with Crippen molar-refractivity contribution in [2.45, 2.75) is 32.1 Å². The normalized spacial score (nSPS) is 12.1. The molecular weight excluding hydrogens is 512 g/mol. The van der Waals surface area contributed by atoms with Gasteiger partial charge in [-0.15, -0.1) is 12.4 Å². The second-order valence-electron chi connectivity index (χ2n) is 7.96. The van der Waals surface area contributed by atoms with Crippen LogP contribution >= 0.6 is 12.4 Å². The Labute approximate surface area is 230 Å². The molecule has 0 saturated carbocycles. The minimum Gasteiger partial charge on any atom is -0.508 e. The monoisotopic (exact) mass is 550 g/mol. The fourth-order valence-corrected chi connectivity index (χ4v) is 2.82. The molecule has 38 heavy (non-hydrogen) atoms. The maximum Gasteiger partial charge on any atom is 0.221 e. The lowest BCUT2D eigenvalue weighted by Crippen LogP contribution is -2.28. The van der Waals surface area contributed by atoms with E-state index in [9.17, 15) is 9.90 Å². The molecule has 0 aliphatic heterocycles. The van der Waals surface area contributed by atoms with E-state index in [2.05, 4.69) is 10.6 Å². The van der Waals surface area contributed by atoms with E-state index in [-0.39, 0.29) is 43.3 Å². The molecule has 0 radical (unpaired) electrons. The fourth-order valence-electron chi connectivity index (χ4n) is 2.82. The number of phenolic OH excluding ortho intramolecular Hbond substituents is 1. The number of hydrogen-bond donors (Lipinski definition) is 6. The van der Waals surface area contributed by atoms with E-state index in [1.165, 1.54) is 19.1 Å². The Morgan fingerprint density at radius 3 is 1.97 bits per heavy atom. The number of nitrogens with one attached hydrogen (secondary N) is 2. The minimum absolute atomic E-state index is 0. The first-order valence-electron chi connectivity index (χ1n) is 11.7. The summed E-state index contributed by atoms with van der Waals surface area (Å²) >= 11 is 0. The number of halogens is 1. The highest BCUT2D eigenvalue weighted by Crippen LogP contribution is 2.25. The van der Waals surface area contributed by atoms with Gasteiger partial charge in [-0.25, -0.2) is 0 Å². The number of carbonyl (C=O) groups is 1. The zero-order valence-electron chi connectivity index (χ0n) is 22.1. The van der Waals surface area contributed by atoms with E-state index >= 15 is 0 Å². The van der Waals surface area contributed by atoms with Crippen molar-refractivity contribution in [3.8, 4) is 17.2 Å². The summed E-state index contributed by atoms with van der Waals surface area (Å²) in [5.74, 6) is 1.25. The Bertz CT molecular complexity index is 1020. The second-order valence-corrected chi connectivity index (χ2v) is 7.96. The highest BCUT2D eigenvalue weighted by molar-refractivity contribution is 5.88. The van der Waals surface area contributed by atoms with E-state index in [1.807, 2.05) is 56.4 Å². The third-order valence-electron chi connectivity index (χ3n) is 4.97. The van der Waals surface area contributed by atoms with Gasteiger partial charge in [0.2, 0.25) is 5.91 Å². The first-order valence-corrected chi connectivity index (χ1v) is 11.7. The van der Waals surface area contributed by atoms with Crippen molar-refractivity contribution < 1.29 is 34.7 Å². The van der Waals surface area contributed by atoms with Gasteiger partial charge >= 0.3 is 0 Å². The molecule has 0 spiro atoms. The Hall–Kier alpha value is -3.34. The second kappa shape index (κ2) is 19.7. The number of benzene rings is 3. The number of aromatic hydroxyl groups is 1. The molecule has 210 valence electrons. The van der Waals surface area contributed by atoms with Gasteiger partial charge in [0.1, 0.15) is 18.5 Å². The summed E-state index contributed by atoms with van der Waals surface area (Å²) in [6, 6.07) is 23.2. The predicted octanol–water partition coefficient (Wildman–Crippen LogP) is 3.53. The number of hydrogen-bond acceptors (Lipinski definition) is 8. The van der Waals surface area contributed by atoms with Crippen molar-refractivity contribution in [1.29, 1.82) is 0 Å². The summed E-state index contributed by atoms with van der Waals surface area (Å²) < 4.78 is 10.3. The maximum atomic E-state index is 10.5. The van der Waals surface area contributed by atoms with Crippen LogP contribution in [0, 0.1) is 0 Å². The molecule has 3 rings (SSSR count). The van der Waals surface area contributed by atoms with E-state index in [0.29, 0.717) is 17.2 Å². The van der Waals surface area contributed by atoms with Crippen LogP contribution in [-0.4, -0.2) is 65.9 Å². The van der Waals surface area contributed by atoms with Crippen molar-refractivity contribution in [2.75, 3.05) is 32.7 Å². The minimum atomic E-state index is -0.861. The molecule has 1 unspecified atom stereocenters. The van der Waals surface area contributed by atoms with Crippen molar-refractivity contribution >= 4 is 24.0 Å². The average molecular weight is 551 g/mol. The molecule has 0 saturated heterocycles. The summed E-state index contributed by atoms with van der Waals surface area (Å²) in [5.41, 5.74) is 1.65. The van der Waals surface area contributed by atoms with Crippen LogP contribution in [0.25, 0.3) is 0 Å². The van der Waals surface area contributed by atoms with Gasteiger partial charge in [0.15, 0.2) is 11.5 Å². The third-order valence-corrected chi connectivity index (χ3v) is 4.97. The maximum absolute atomic E-state index is 10.5. The quantitative estimate of drug-likeness (QED) is 0.222. The molecule has 3 atom stereocenters. The average Bonchev–Trinajstić information content (AvgIpc) is 2.93. The fraction of sp³-hybridized carbons (Fsp3) is 0.321. The standard InChI is InChI=1S/C10H15NO.C10H14O4.C8H9NO2.ClH/c1-8(11-2)10(12)9-6-4-3-5-7-9;1-13-9-4-2-3-5-10(9)14-7-8(12)6-11;1-6(10)9-7-2-4-8(11)5-3-7;/h3-8,10-12H,1-2H3;2-5,8,11-12H,6-7H2,1H3;2-5,11H,1H3,(H,9,10);1H/t8-,10+;;;/m0.../s1. The molecule has 0 bridgehead atoms. The number of ether oxygens (including phenoxy) is 2. The van der Waals surface area contributed by atoms with Gasteiger partial charge in [0.05, 0.1) is 19.8 Å². The lowest BCUT2D eigenvalue weighted by Gasteiger charge is -2.17. The molecule has 10 heteroatoms. The number of likely N-dealkylation sites (N-methyl/N-ethyl adjacent to an activating group) is 1. The number of aliphatic hydroxyl groups is 3. The Balaban J connectivity index is 0.000000537. The first kappa shape index (κ1) is 34.7. The Morgan fingerprint density at radius 2 is 1.47 bits per heavy atom. The lowest BCUT2D eigenvalue weighted by atomic mass is 10.0. The van der Waals surface area contributed by atoms with E-state index < -0.39 is 12.2 Å². The van der Waals surface area contributed by atoms with Gasteiger partial charge in [0.25, 0.3) is 0 Å². The highest BCUT2D eigenvalue weighted by Gasteiger charge is 2.13. The molecule has 6 N–H and O–H groups in total. The van der Waals surface area contributed by atoms with Crippen molar-refractivity contribution in [1.82, 2.24) is 5.32 Å². The smallest absolute Gasteiger partial charge is 0.221 e. The summed E-state index contributed by atoms with van der Waals surface area (Å²) in [7, 11) is 3.39. The topological polar surface area (TPSA) is 141 Å². The summed E-state index contributed by atoms with van der Waals surface area (Å²) in [6.07, 6.45) is -1.28. The van der Waals surface area contributed by atoms with E-state index in [4.69, 9.17) is 24.8 Å². The lowest BCUT2D eigenvalue weighted by molar-refractivity contribution is -0.114. The van der Waals surface area contributed by atoms with Crippen LogP contribution in [0.3, 0.4) is 0 Å². The van der Waals surface area contributed by atoms with Crippen LogP contribution in [0.15, 0.2) is 78.9 Å². The van der Waals surface area contributed by atoms with Gasteiger partial charge in [-0.2, -0.15) is 0 Å². The summed E-state index contributed by atoms with van der Waals surface area (Å²) in [4.78, 5) is 10.5. The van der Waals surface area contributed by atoms with E-state index in [1.54, 1.807) is 31.4 Å². The van der Waals surface area contributed by atoms with Crippen LogP contribution in [0.1, 0.15) is 25.5 Å². The molecule has 0 heterocycles. The number of anilines is 1. The number of phenols is 1. The van der Waals surface area contributed by atoms with Crippen molar-refractivity contribution in [3.05, 3.63) is 84.4 Å². The predicted molar refractivity (Wildman–Crippen MR) is 151 cm³/mol. The third kappa shape index (κ3) is 13.8. The molecule has 0 aliphatic rings. The number of methoxy groups -OCH3 is 1. The summed E-state index contributed by atoms with van der Waals surface area (Å²) in [5, 5.41) is 41.8.